The quantitative estimate of drug-likeness (QED) is 0.724. The fourth-order valence-electron chi connectivity index (χ4n) is 1.85. The highest BCUT2D eigenvalue weighted by atomic mass is 35.5. The van der Waals surface area contributed by atoms with Gasteiger partial charge in [-0.1, -0.05) is 31.5 Å². The second-order valence-electron chi connectivity index (χ2n) is 5.70. The Bertz CT molecular complexity index is 460. The van der Waals surface area contributed by atoms with Crippen molar-refractivity contribution in [2.45, 2.75) is 26.7 Å². The van der Waals surface area contributed by atoms with Crippen molar-refractivity contribution in [3.05, 3.63) is 34.6 Å². The van der Waals surface area contributed by atoms with Gasteiger partial charge in [-0.25, -0.2) is 9.18 Å². The Morgan fingerprint density at radius 1 is 1.38 bits per heavy atom. The van der Waals surface area contributed by atoms with Crippen molar-refractivity contribution < 1.29 is 14.3 Å². The van der Waals surface area contributed by atoms with Crippen LogP contribution in [0.5, 0.6) is 0 Å². The molecule has 4 nitrogen and oxygen atoms in total. The topological polar surface area (TPSA) is 61.4 Å². The van der Waals surface area contributed by atoms with Crippen LogP contribution in [0, 0.1) is 11.2 Å². The lowest BCUT2D eigenvalue weighted by molar-refractivity contribution is 0.201. The second kappa shape index (κ2) is 8.20. The molecule has 0 bridgehead atoms. The Balaban J connectivity index is 2.34. The molecule has 0 heterocycles. The molecule has 0 aliphatic heterocycles. The van der Waals surface area contributed by atoms with Gasteiger partial charge in [0.05, 0.1) is 0 Å². The third-order valence-corrected chi connectivity index (χ3v) is 3.59. The largest absolute Gasteiger partial charge is 0.396 e. The summed E-state index contributed by atoms with van der Waals surface area (Å²) in [6.45, 7) is 4.76. The van der Waals surface area contributed by atoms with Crippen molar-refractivity contribution in [1.82, 2.24) is 10.6 Å². The average molecular weight is 317 g/mol. The molecule has 2 amide bonds. The van der Waals surface area contributed by atoms with Crippen LogP contribution in [0.4, 0.5) is 9.18 Å². The third kappa shape index (κ3) is 6.31. The van der Waals surface area contributed by atoms with Gasteiger partial charge in [-0.3, -0.25) is 0 Å². The van der Waals surface area contributed by atoms with Crippen LogP contribution in [-0.4, -0.2) is 30.8 Å². The van der Waals surface area contributed by atoms with Crippen molar-refractivity contribution in [2.75, 3.05) is 19.7 Å². The molecule has 0 spiro atoms. The number of amides is 2. The van der Waals surface area contributed by atoms with Crippen molar-refractivity contribution in [3.8, 4) is 0 Å². The van der Waals surface area contributed by atoms with E-state index in [9.17, 15) is 9.18 Å². The predicted molar refractivity (Wildman–Crippen MR) is 82.0 cm³/mol. The van der Waals surface area contributed by atoms with E-state index in [0.29, 0.717) is 36.5 Å². The van der Waals surface area contributed by atoms with Gasteiger partial charge in [0.25, 0.3) is 0 Å². The molecule has 0 atom stereocenters. The van der Waals surface area contributed by atoms with Crippen LogP contribution < -0.4 is 10.6 Å². The van der Waals surface area contributed by atoms with E-state index in [1.54, 1.807) is 12.1 Å². The number of rotatable bonds is 7. The first kappa shape index (κ1) is 17.7. The van der Waals surface area contributed by atoms with Crippen LogP contribution in [0.2, 0.25) is 5.02 Å². The monoisotopic (exact) mass is 316 g/mol. The Kier molecular flexibility index (Phi) is 6.92. The maximum Gasteiger partial charge on any atom is 0.314 e. The number of hydrogen-bond donors (Lipinski definition) is 3. The van der Waals surface area contributed by atoms with Gasteiger partial charge in [-0.2, -0.15) is 0 Å². The first-order valence-corrected chi connectivity index (χ1v) is 7.29. The first-order valence-electron chi connectivity index (χ1n) is 6.91. The van der Waals surface area contributed by atoms with Gasteiger partial charge in [0.15, 0.2) is 0 Å². The minimum atomic E-state index is -0.367. The minimum Gasteiger partial charge on any atom is -0.396 e. The Morgan fingerprint density at radius 2 is 2.10 bits per heavy atom. The van der Waals surface area contributed by atoms with Gasteiger partial charge < -0.3 is 15.7 Å². The maximum atomic E-state index is 13.5. The summed E-state index contributed by atoms with van der Waals surface area (Å²) in [6, 6.07) is 4.20. The summed E-state index contributed by atoms with van der Waals surface area (Å²) in [5, 5.41) is 14.7. The fraction of sp³-hybridized carbons (Fsp3) is 0.533. The normalized spacial score (nSPS) is 11.3. The number of benzene rings is 1. The van der Waals surface area contributed by atoms with E-state index in [0.717, 1.165) is 0 Å². The molecule has 118 valence electrons. The zero-order chi connectivity index (χ0) is 15.9. The zero-order valence-corrected chi connectivity index (χ0v) is 13.1. The summed E-state index contributed by atoms with van der Waals surface area (Å²) in [4.78, 5) is 11.6. The fourth-order valence-corrected chi connectivity index (χ4v) is 2.10. The van der Waals surface area contributed by atoms with Crippen LogP contribution in [0.25, 0.3) is 0 Å². The van der Waals surface area contributed by atoms with E-state index in [1.165, 1.54) is 6.07 Å². The molecule has 0 aromatic heterocycles. The number of halogens is 2. The number of hydrogen-bond acceptors (Lipinski definition) is 2. The maximum absolute atomic E-state index is 13.5. The van der Waals surface area contributed by atoms with Gasteiger partial charge >= 0.3 is 6.03 Å². The molecule has 0 saturated carbocycles. The summed E-state index contributed by atoms with van der Waals surface area (Å²) in [6.07, 6.45) is 0.942. The molecule has 0 aliphatic carbocycles. The van der Waals surface area contributed by atoms with Gasteiger partial charge in [-0.05, 0) is 30.4 Å². The average Bonchev–Trinajstić information content (AvgIpc) is 2.40. The number of urea groups is 1. The highest BCUT2D eigenvalue weighted by molar-refractivity contribution is 6.31. The second-order valence-corrected chi connectivity index (χ2v) is 6.10. The number of carbonyl (C=O) groups excluding carboxylic acids is 1. The minimum absolute atomic E-state index is 0.0854. The molecule has 1 aromatic carbocycles. The lowest BCUT2D eigenvalue weighted by Crippen LogP contribution is -2.41. The highest BCUT2D eigenvalue weighted by Gasteiger charge is 2.18. The standard InChI is InChI=1S/C15H22ClFN2O2/c1-15(2,7-9-20)10-19-14(21)18-8-6-11-12(16)4-3-5-13(11)17/h3-5,20H,6-10H2,1-2H3,(H2,18,19,21). The molecule has 0 radical (unpaired) electrons. The van der Waals surface area contributed by atoms with Crippen LogP contribution in [-0.2, 0) is 6.42 Å². The van der Waals surface area contributed by atoms with E-state index < -0.39 is 0 Å². The van der Waals surface area contributed by atoms with Crippen molar-refractivity contribution in [3.63, 3.8) is 0 Å². The van der Waals surface area contributed by atoms with Gasteiger partial charge in [0.1, 0.15) is 5.82 Å². The predicted octanol–water partition coefficient (Wildman–Crippen LogP) is 2.73. The van der Waals surface area contributed by atoms with Gasteiger partial charge in [0, 0.05) is 30.3 Å². The van der Waals surface area contributed by atoms with Crippen LogP contribution in [0.3, 0.4) is 0 Å². The zero-order valence-electron chi connectivity index (χ0n) is 12.4. The van der Waals surface area contributed by atoms with Gasteiger partial charge in [0.2, 0.25) is 0 Å². The molecule has 1 rings (SSSR count). The molecule has 21 heavy (non-hydrogen) atoms. The van der Waals surface area contributed by atoms with Crippen LogP contribution in [0.15, 0.2) is 18.2 Å². The molecule has 6 heteroatoms. The van der Waals surface area contributed by atoms with Crippen LogP contribution >= 0.6 is 11.6 Å². The van der Waals surface area contributed by atoms with Crippen LogP contribution in [0.1, 0.15) is 25.8 Å². The van der Waals surface area contributed by atoms with E-state index in [4.69, 9.17) is 16.7 Å². The van der Waals surface area contributed by atoms with E-state index >= 15 is 0 Å². The molecule has 0 fully saturated rings. The Hall–Kier alpha value is -1.33. The summed E-state index contributed by atoms with van der Waals surface area (Å²) in [5.74, 6) is -0.367. The molecule has 3 N–H and O–H groups in total. The third-order valence-electron chi connectivity index (χ3n) is 3.24. The summed E-state index contributed by atoms with van der Waals surface area (Å²) < 4.78 is 13.5. The SMILES string of the molecule is CC(C)(CCO)CNC(=O)NCCc1c(F)cccc1Cl. The Labute approximate surface area is 129 Å². The van der Waals surface area contributed by atoms with Gasteiger partial charge in [-0.15, -0.1) is 0 Å². The van der Waals surface area contributed by atoms with E-state index in [1.807, 2.05) is 13.8 Å². The molecular weight excluding hydrogens is 295 g/mol. The molecule has 0 saturated heterocycles. The molecule has 1 aromatic rings. The number of aliphatic hydroxyl groups excluding tert-OH is 1. The van der Waals surface area contributed by atoms with Crippen molar-refractivity contribution in [2.24, 2.45) is 5.41 Å². The summed E-state index contributed by atoms with van der Waals surface area (Å²) in [7, 11) is 0. The van der Waals surface area contributed by atoms with Crippen molar-refractivity contribution >= 4 is 17.6 Å². The molecular formula is C15H22ClFN2O2. The Morgan fingerprint density at radius 3 is 2.71 bits per heavy atom. The van der Waals surface area contributed by atoms with E-state index in [2.05, 4.69) is 10.6 Å². The highest BCUT2D eigenvalue weighted by Crippen LogP contribution is 2.19. The summed E-state index contributed by atoms with van der Waals surface area (Å²) >= 11 is 5.91. The number of aliphatic hydroxyl groups is 1. The summed E-state index contributed by atoms with van der Waals surface area (Å²) in [5.41, 5.74) is 0.237. The number of nitrogens with one attached hydrogen (secondary N) is 2. The lowest BCUT2D eigenvalue weighted by Gasteiger charge is -2.23. The number of carbonyl (C=O) groups is 1. The smallest absolute Gasteiger partial charge is 0.314 e. The molecule has 0 unspecified atom stereocenters. The first-order chi connectivity index (χ1) is 9.85. The lowest BCUT2D eigenvalue weighted by atomic mass is 9.90. The molecule has 0 aliphatic rings. The van der Waals surface area contributed by atoms with E-state index in [-0.39, 0.29) is 23.9 Å². The van der Waals surface area contributed by atoms with Crippen molar-refractivity contribution in [1.29, 1.82) is 0 Å².